The molecule has 0 unspecified atom stereocenters. The summed E-state index contributed by atoms with van der Waals surface area (Å²) in [6.07, 6.45) is 5.76. The molecule has 8 nitrogen and oxygen atoms in total. The Morgan fingerprint density at radius 2 is 1.39 bits per heavy atom. The van der Waals surface area contributed by atoms with Gasteiger partial charge in [0.05, 0.1) is 32.5 Å². The second-order valence-electron chi connectivity index (χ2n) is 9.39. The largest absolute Gasteiger partial charge is 0.495 e. The molecular formula is C28H32O8. The Morgan fingerprint density at radius 1 is 0.833 bits per heavy atom. The summed E-state index contributed by atoms with van der Waals surface area (Å²) in [5, 5.41) is 9.13. The summed E-state index contributed by atoms with van der Waals surface area (Å²) in [7, 11) is 4.33. The molecule has 192 valence electrons. The van der Waals surface area contributed by atoms with E-state index < -0.39 is 11.9 Å². The maximum Gasteiger partial charge on any atom is 0.341 e. The molecule has 0 radical (unpaired) electrons. The van der Waals surface area contributed by atoms with Gasteiger partial charge in [0.1, 0.15) is 45.3 Å². The molecule has 2 aliphatic heterocycles. The number of benzene rings is 2. The van der Waals surface area contributed by atoms with E-state index in [0.717, 1.165) is 11.1 Å². The van der Waals surface area contributed by atoms with Crippen LogP contribution in [0.3, 0.4) is 0 Å². The van der Waals surface area contributed by atoms with Crippen LogP contribution in [0.4, 0.5) is 0 Å². The third-order valence-corrected chi connectivity index (χ3v) is 6.06. The van der Waals surface area contributed by atoms with E-state index in [0.29, 0.717) is 34.1 Å². The molecule has 2 heterocycles. The lowest BCUT2D eigenvalue weighted by atomic mass is 9.92. The number of carbonyl (C=O) groups is 2. The fourth-order valence-corrected chi connectivity index (χ4v) is 3.86. The van der Waals surface area contributed by atoms with Crippen molar-refractivity contribution in [2.24, 2.45) is 0 Å². The van der Waals surface area contributed by atoms with Gasteiger partial charge in [0, 0.05) is 0 Å². The molecule has 2 aliphatic rings. The Hall–Kier alpha value is -3.94. The highest BCUT2D eigenvalue weighted by molar-refractivity contribution is 5.95. The molecule has 8 heteroatoms. The molecule has 0 saturated carbocycles. The second-order valence-corrected chi connectivity index (χ2v) is 9.39. The summed E-state index contributed by atoms with van der Waals surface area (Å²) in [5.74, 6) is 0.735. The molecule has 36 heavy (non-hydrogen) atoms. The topological polar surface area (TPSA) is 101 Å². The minimum atomic E-state index is -1.01. The van der Waals surface area contributed by atoms with Crippen LogP contribution in [0.25, 0.3) is 12.2 Å². The number of rotatable bonds is 4. The fourth-order valence-electron chi connectivity index (χ4n) is 3.86. The minimum absolute atomic E-state index is 0.142. The van der Waals surface area contributed by atoms with Gasteiger partial charge in [-0.1, -0.05) is 0 Å². The normalized spacial score (nSPS) is 15.9. The summed E-state index contributed by atoms with van der Waals surface area (Å²) >= 11 is 0. The van der Waals surface area contributed by atoms with Crippen molar-refractivity contribution < 1.29 is 38.4 Å². The summed E-state index contributed by atoms with van der Waals surface area (Å²) in [5.41, 5.74) is 2.27. The Morgan fingerprint density at radius 3 is 1.94 bits per heavy atom. The molecule has 2 aromatic carbocycles. The zero-order valence-electron chi connectivity index (χ0n) is 21.8. The van der Waals surface area contributed by atoms with E-state index in [4.69, 9.17) is 28.8 Å². The minimum Gasteiger partial charge on any atom is -0.495 e. The molecule has 0 fully saturated rings. The first kappa shape index (κ1) is 26.7. The van der Waals surface area contributed by atoms with E-state index >= 15 is 0 Å². The van der Waals surface area contributed by atoms with Crippen molar-refractivity contribution in [2.75, 3.05) is 21.3 Å². The van der Waals surface area contributed by atoms with Gasteiger partial charge < -0.3 is 28.8 Å². The standard InChI is InChI=1S/2C14H16O4/c1-14(2)8-7-9-11(18-14)6-5-10(12(9)16-3)13(15)17-4;1-8-7-10-11(18-14(8,2)3)6-5-9(13(15)16)12(10)17-4/h5-8H,1-4H3;5-7H,1-4H3,(H,15,16). The zero-order chi connectivity index (χ0) is 26.8. The van der Waals surface area contributed by atoms with Gasteiger partial charge in [-0.15, -0.1) is 0 Å². The average molecular weight is 497 g/mol. The molecule has 0 amide bonds. The Bertz CT molecular complexity index is 1250. The zero-order valence-corrected chi connectivity index (χ0v) is 21.8. The van der Waals surface area contributed by atoms with Crippen LogP contribution in [0.5, 0.6) is 23.0 Å². The smallest absolute Gasteiger partial charge is 0.341 e. The fraction of sp³-hybridized carbons (Fsp3) is 0.357. The van der Waals surface area contributed by atoms with Crippen LogP contribution in [-0.4, -0.2) is 49.6 Å². The third kappa shape index (κ3) is 5.17. The first-order chi connectivity index (χ1) is 16.8. The van der Waals surface area contributed by atoms with E-state index in [1.165, 1.54) is 27.4 Å². The highest BCUT2D eigenvalue weighted by Crippen LogP contribution is 2.42. The van der Waals surface area contributed by atoms with E-state index in [1.54, 1.807) is 18.2 Å². The second kappa shape index (κ2) is 9.97. The third-order valence-electron chi connectivity index (χ3n) is 6.06. The van der Waals surface area contributed by atoms with Gasteiger partial charge in [0.15, 0.2) is 0 Å². The predicted octanol–water partition coefficient (Wildman–Crippen LogP) is 5.63. The summed E-state index contributed by atoms with van der Waals surface area (Å²) < 4.78 is 26.9. The van der Waals surface area contributed by atoms with Gasteiger partial charge >= 0.3 is 11.9 Å². The van der Waals surface area contributed by atoms with Crippen LogP contribution in [-0.2, 0) is 4.74 Å². The highest BCUT2D eigenvalue weighted by Gasteiger charge is 2.30. The van der Waals surface area contributed by atoms with Crippen molar-refractivity contribution >= 4 is 24.1 Å². The Labute approximate surface area is 211 Å². The number of ether oxygens (including phenoxy) is 5. The summed E-state index contributed by atoms with van der Waals surface area (Å²) in [6, 6.07) is 6.59. The Balaban J connectivity index is 0.000000201. The van der Waals surface area contributed by atoms with Gasteiger partial charge in [-0.25, -0.2) is 9.59 Å². The molecular weight excluding hydrogens is 464 g/mol. The van der Waals surface area contributed by atoms with Crippen molar-refractivity contribution in [2.45, 2.75) is 45.8 Å². The number of aromatic carboxylic acids is 1. The van der Waals surface area contributed by atoms with E-state index in [-0.39, 0.29) is 16.8 Å². The summed E-state index contributed by atoms with van der Waals surface area (Å²) in [6.45, 7) is 9.83. The number of fused-ring (bicyclic) bond motifs is 2. The number of carboxylic acid groups (broad SMARTS) is 1. The van der Waals surface area contributed by atoms with Crippen LogP contribution in [0, 0.1) is 0 Å². The molecule has 0 saturated heterocycles. The lowest BCUT2D eigenvalue weighted by molar-refractivity contribution is 0.0595. The maximum atomic E-state index is 11.6. The van der Waals surface area contributed by atoms with Gasteiger partial charge in [-0.2, -0.15) is 0 Å². The van der Waals surface area contributed by atoms with Crippen molar-refractivity contribution in [3.8, 4) is 23.0 Å². The van der Waals surface area contributed by atoms with E-state index in [1.807, 2.05) is 52.8 Å². The average Bonchev–Trinajstić information content (AvgIpc) is 2.82. The molecule has 0 spiro atoms. The van der Waals surface area contributed by atoms with E-state index in [9.17, 15) is 9.59 Å². The molecule has 0 aromatic heterocycles. The summed E-state index contributed by atoms with van der Waals surface area (Å²) in [4.78, 5) is 22.8. The molecule has 4 rings (SSSR count). The molecule has 0 bridgehead atoms. The van der Waals surface area contributed by atoms with Crippen molar-refractivity contribution in [1.82, 2.24) is 0 Å². The van der Waals surface area contributed by atoms with Gasteiger partial charge in [0.2, 0.25) is 0 Å². The van der Waals surface area contributed by atoms with Gasteiger partial charge in [0.25, 0.3) is 0 Å². The number of hydrogen-bond acceptors (Lipinski definition) is 7. The quantitative estimate of drug-likeness (QED) is 0.543. The first-order valence-electron chi connectivity index (χ1n) is 11.3. The molecule has 1 N–H and O–H groups in total. The van der Waals surface area contributed by atoms with Crippen LogP contribution in [0.2, 0.25) is 0 Å². The maximum absolute atomic E-state index is 11.6. The SMILES string of the molecule is COC(=O)c1ccc2c(c1OC)C=CC(C)(C)O2.COc1c(C(=O)O)ccc2c1C=C(C)C(C)(C)O2. The van der Waals surface area contributed by atoms with Crippen LogP contribution in [0.1, 0.15) is 66.5 Å². The lowest BCUT2D eigenvalue weighted by Gasteiger charge is -2.33. The number of hydrogen-bond donors (Lipinski definition) is 1. The van der Waals surface area contributed by atoms with Crippen molar-refractivity contribution in [3.63, 3.8) is 0 Å². The monoisotopic (exact) mass is 496 g/mol. The molecule has 2 aromatic rings. The van der Waals surface area contributed by atoms with Crippen LogP contribution < -0.4 is 18.9 Å². The first-order valence-corrected chi connectivity index (χ1v) is 11.3. The van der Waals surface area contributed by atoms with Crippen LogP contribution >= 0.6 is 0 Å². The lowest BCUT2D eigenvalue weighted by Crippen LogP contribution is -2.32. The molecule has 0 aliphatic carbocycles. The van der Waals surface area contributed by atoms with Crippen molar-refractivity contribution in [1.29, 1.82) is 0 Å². The number of carbonyl (C=O) groups excluding carboxylic acids is 1. The van der Waals surface area contributed by atoms with Crippen LogP contribution in [0.15, 0.2) is 35.9 Å². The number of carboxylic acids is 1. The number of esters is 1. The van der Waals surface area contributed by atoms with E-state index in [2.05, 4.69) is 0 Å². The van der Waals surface area contributed by atoms with Gasteiger partial charge in [-0.3, -0.25) is 0 Å². The number of methoxy groups -OCH3 is 3. The highest BCUT2D eigenvalue weighted by atomic mass is 16.5. The van der Waals surface area contributed by atoms with Crippen molar-refractivity contribution in [3.05, 3.63) is 58.2 Å². The Kier molecular flexibility index (Phi) is 7.38. The van der Waals surface area contributed by atoms with Gasteiger partial charge in [-0.05, 0) is 82.7 Å². The predicted molar refractivity (Wildman–Crippen MR) is 136 cm³/mol. The molecule has 0 atom stereocenters.